The van der Waals surface area contributed by atoms with Gasteiger partial charge in [0.2, 0.25) is 0 Å². The van der Waals surface area contributed by atoms with Crippen LogP contribution in [-0.4, -0.2) is 57.2 Å². The summed E-state index contributed by atoms with van der Waals surface area (Å²) in [5.74, 6) is -1.37. The zero-order valence-corrected chi connectivity index (χ0v) is 19.0. The Balaban J connectivity index is 2.77. The number of hydrogen-bond acceptors (Lipinski definition) is 11. The summed E-state index contributed by atoms with van der Waals surface area (Å²) in [6.07, 6.45) is -2.69. The fraction of sp³-hybridized carbons (Fsp3) is 0.524. The SMILES string of the molecule is COC(=O)Oc1ccc(C[C@H](N)C(=O)OC[C@H](C)OC(=O)C(C)(C)C)cc1OC(=O)OC. The Morgan fingerprint density at radius 3 is 2.06 bits per heavy atom. The van der Waals surface area contributed by atoms with Crippen LogP contribution >= 0.6 is 0 Å². The van der Waals surface area contributed by atoms with Crippen LogP contribution in [-0.2, 0) is 35.0 Å². The van der Waals surface area contributed by atoms with Crippen LogP contribution in [0.5, 0.6) is 11.5 Å². The van der Waals surface area contributed by atoms with Crippen molar-refractivity contribution >= 4 is 24.2 Å². The van der Waals surface area contributed by atoms with E-state index in [4.69, 9.17) is 24.7 Å². The van der Waals surface area contributed by atoms with E-state index in [1.807, 2.05) is 0 Å². The van der Waals surface area contributed by atoms with E-state index in [1.54, 1.807) is 27.7 Å². The van der Waals surface area contributed by atoms with Crippen molar-refractivity contribution < 1.29 is 47.6 Å². The molecule has 0 aromatic heterocycles. The second kappa shape index (κ2) is 11.9. The number of methoxy groups -OCH3 is 2. The first-order valence-corrected chi connectivity index (χ1v) is 9.65. The lowest BCUT2D eigenvalue weighted by Crippen LogP contribution is -2.37. The maximum Gasteiger partial charge on any atom is 0.513 e. The van der Waals surface area contributed by atoms with Crippen LogP contribution in [0.25, 0.3) is 0 Å². The van der Waals surface area contributed by atoms with Gasteiger partial charge in [0.1, 0.15) is 18.8 Å². The Morgan fingerprint density at radius 1 is 0.969 bits per heavy atom. The van der Waals surface area contributed by atoms with Crippen molar-refractivity contribution in [3.05, 3.63) is 23.8 Å². The van der Waals surface area contributed by atoms with Crippen LogP contribution in [0.3, 0.4) is 0 Å². The van der Waals surface area contributed by atoms with Crippen molar-refractivity contribution in [2.45, 2.75) is 46.3 Å². The highest BCUT2D eigenvalue weighted by Gasteiger charge is 2.26. The second-order valence-electron chi connectivity index (χ2n) is 7.80. The van der Waals surface area contributed by atoms with Crippen LogP contribution in [0.15, 0.2) is 18.2 Å². The quantitative estimate of drug-likeness (QED) is 0.349. The molecule has 0 aliphatic rings. The molecule has 1 aromatic rings. The third-order valence-electron chi connectivity index (χ3n) is 3.87. The molecule has 1 rings (SSSR count). The summed E-state index contributed by atoms with van der Waals surface area (Å²) >= 11 is 0. The van der Waals surface area contributed by atoms with Crippen molar-refractivity contribution in [3.63, 3.8) is 0 Å². The summed E-state index contributed by atoms with van der Waals surface area (Å²) in [5.41, 5.74) is 5.71. The molecule has 0 fully saturated rings. The third kappa shape index (κ3) is 8.80. The Morgan fingerprint density at radius 2 is 1.53 bits per heavy atom. The van der Waals surface area contributed by atoms with Gasteiger partial charge in [-0.15, -0.1) is 0 Å². The number of rotatable bonds is 8. The number of ether oxygens (including phenoxy) is 6. The first kappa shape index (κ1) is 26.7. The Labute approximate surface area is 186 Å². The molecule has 0 amide bonds. The third-order valence-corrected chi connectivity index (χ3v) is 3.87. The zero-order valence-electron chi connectivity index (χ0n) is 19.0. The van der Waals surface area contributed by atoms with E-state index in [9.17, 15) is 19.2 Å². The predicted octanol–water partition coefficient (Wildman–Crippen LogP) is 2.37. The van der Waals surface area contributed by atoms with Gasteiger partial charge in [-0.05, 0) is 51.8 Å². The lowest BCUT2D eigenvalue weighted by molar-refractivity contribution is -0.165. The maximum atomic E-state index is 12.2. The lowest BCUT2D eigenvalue weighted by atomic mass is 9.97. The zero-order chi connectivity index (χ0) is 24.5. The van der Waals surface area contributed by atoms with E-state index >= 15 is 0 Å². The van der Waals surface area contributed by atoms with Crippen molar-refractivity contribution in [1.82, 2.24) is 0 Å². The fourth-order valence-electron chi connectivity index (χ4n) is 2.14. The average Bonchev–Trinajstić information content (AvgIpc) is 2.72. The van der Waals surface area contributed by atoms with E-state index in [2.05, 4.69) is 9.47 Å². The molecule has 0 radical (unpaired) electrons. The van der Waals surface area contributed by atoms with Crippen LogP contribution in [0.2, 0.25) is 0 Å². The molecule has 0 heterocycles. The van der Waals surface area contributed by atoms with Crippen molar-refractivity contribution in [3.8, 4) is 11.5 Å². The summed E-state index contributed by atoms with van der Waals surface area (Å²) in [6, 6.07) is 3.16. The van der Waals surface area contributed by atoms with E-state index in [1.165, 1.54) is 18.2 Å². The second-order valence-corrected chi connectivity index (χ2v) is 7.80. The van der Waals surface area contributed by atoms with Crippen LogP contribution in [0.4, 0.5) is 9.59 Å². The number of benzene rings is 1. The lowest BCUT2D eigenvalue weighted by Gasteiger charge is -2.21. The number of carbonyl (C=O) groups excluding carboxylic acids is 4. The minimum atomic E-state index is -1.06. The number of hydrogen-bond donors (Lipinski definition) is 1. The van der Waals surface area contributed by atoms with Crippen LogP contribution in [0, 0.1) is 5.41 Å². The highest BCUT2D eigenvalue weighted by molar-refractivity contribution is 5.77. The van der Waals surface area contributed by atoms with Crippen LogP contribution < -0.4 is 15.2 Å². The molecule has 1 aromatic carbocycles. The van der Waals surface area contributed by atoms with Gasteiger partial charge in [0, 0.05) is 0 Å². The molecule has 0 aliphatic carbocycles. The minimum absolute atomic E-state index is 0.0189. The number of esters is 2. The van der Waals surface area contributed by atoms with Gasteiger partial charge in [-0.25, -0.2) is 9.59 Å². The summed E-state index contributed by atoms with van der Waals surface area (Å²) in [5, 5.41) is 0. The van der Waals surface area contributed by atoms with Gasteiger partial charge in [-0.1, -0.05) is 6.07 Å². The molecule has 0 bridgehead atoms. The molecular weight excluding hydrogens is 426 g/mol. The van der Waals surface area contributed by atoms with E-state index in [-0.39, 0.29) is 24.5 Å². The van der Waals surface area contributed by atoms with Crippen molar-refractivity contribution in [2.75, 3.05) is 20.8 Å². The predicted molar refractivity (Wildman–Crippen MR) is 110 cm³/mol. The molecule has 11 heteroatoms. The monoisotopic (exact) mass is 455 g/mol. The Kier molecular flexibility index (Phi) is 9.92. The summed E-state index contributed by atoms with van der Waals surface area (Å²) in [4.78, 5) is 46.9. The van der Waals surface area contributed by atoms with Gasteiger partial charge in [0.25, 0.3) is 0 Å². The van der Waals surface area contributed by atoms with Crippen molar-refractivity contribution in [1.29, 1.82) is 0 Å². The molecule has 178 valence electrons. The Bertz CT molecular complexity index is 830. The topological polar surface area (TPSA) is 150 Å². The van der Waals surface area contributed by atoms with Gasteiger partial charge in [0.15, 0.2) is 11.5 Å². The molecular formula is C21H29NO10. The normalized spacial score (nSPS) is 12.7. The standard InChI is InChI=1S/C21H29NO10/c1-12(30-18(24)21(2,3)4)11-29-17(23)14(22)9-13-7-8-15(31-19(25)27-5)16(10-13)32-20(26)28-6/h7-8,10,12,14H,9,11,22H2,1-6H3/t12-,14-/m0/s1. The van der Waals surface area contributed by atoms with Gasteiger partial charge in [-0.2, -0.15) is 0 Å². The molecule has 0 spiro atoms. The van der Waals surface area contributed by atoms with Gasteiger partial charge in [0.05, 0.1) is 19.6 Å². The summed E-state index contributed by atoms with van der Waals surface area (Å²) < 4.78 is 29.1. The number of nitrogens with two attached hydrogens (primary N) is 1. The summed E-state index contributed by atoms with van der Waals surface area (Å²) in [6.45, 7) is 6.58. The van der Waals surface area contributed by atoms with Gasteiger partial charge in [-0.3, -0.25) is 9.59 Å². The average molecular weight is 455 g/mol. The van der Waals surface area contributed by atoms with Gasteiger partial charge < -0.3 is 34.2 Å². The first-order chi connectivity index (χ1) is 14.9. The minimum Gasteiger partial charge on any atom is -0.461 e. The van der Waals surface area contributed by atoms with Gasteiger partial charge >= 0.3 is 24.2 Å². The molecule has 0 aliphatic heterocycles. The number of carbonyl (C=O) groups is 4. The van der Waals surface area contributed by atoms with E-state index in [0.29, 0.717) is 5.56 Å². The summed E-state index contributed by atoms with van der Waals surface area (Å²) in [7, 11) is 2.23. The molecule has 11 nitrogen and oxygen atoms in total. The molecule has 0 saturated carbocycles. The first-order valence-electron chi connectivity index (χ1n) is 9.65. The molecule has 2 N–H and O–H groups in total. The largest absolute Gasteiger partial charge is 0.513 e. The fourth-order valence-corrected chi connectivity index (χ4v) is 2.14. The highest BCUT2D eigenvalue weighted by Crippen LogP contribution is 2.29. The molecule has 0 unspecified atom stereocenters. The maximum absolute atomic E-state index is 12.2. The van der Waals surface area contributed by atoms with E-state index < -0.39 is 41.8 Å². The van der Waals surface area contributed by atoms with Crippen molar-refractivity contribution in [2.24, 2.45) is 11.1 Å². The Hall–Kier alpha value is -3.34. The van der Waals surface area contributed by atoms with Crippen LogP contribution in [0.1, 0.15) is 33.3 Å². The van der Waals surface area contributed by atoms with E-state index in [0.717, 1.165) is 14.2 Å². The molecule has 32 heavy (non-hydrogen) atoms. The molecule has 0 saturated heterocycles. The smallest absolute Gasteiger partial charge is 0.461 e. The molecule has 2 atom stereocenters. The highest BCUT2D eigenvalue weighted by atomic mass is 16.7.